The number of hydrogen-bond donors (Lipinski definition) is 1. The minimum Gasteiger partial charge on any atom is -0.496 e. The molecular formula is C18H25NO2. The Labute approximate surface area is 126 Å². The molecule has 21 heavy (non-hydrogen) atoms. The molecule has 0 spiro atoms. The van der Waals surface area contributed by atoms with Crippen LogP contribution in [0.4, 0.5) is 0 Å². The first-order chi connectivity index (χ1) is 10.2. The van der Waals surface area contributed by atoms with E-state index in [9.17, 15) is 5.11 Å². The van der Waals surface area contributed by atoms with E-state index >= 15 is 0 Å². The monoisotopic (exact) mass is 287 g/mol. The SMILES string of the molecule is COc1cccc2c1C[C@@H]1[C@@H]3CCC(O)C[C@]23CCN1C. The highest BCUT2D eigenvalue weighted by atomic mass is 16.5. The topological polar surface area (TPSA) is 32.7 Å². The van der Waals surface area contributed by atoms with Crippen LogP contribution in [0, 0.1) is 5.92 Å². The van der Waals surface area contributed by atoms with Gasteiger partial charge >= 0.3 is 0 Å². The van der Waals surface area contributed by atoms with Gasteiger partial charge in [0.05, 0.1) is 13.2 Å². The third kappa shape index (κ3) is 1.80. The molecule has 2 bridgehead atoms. The van der Waals surface area contributed by atoms with Crippen LogP contribution in [0.3, 0.4) is 0 Å². The fourth-order valence-electron chi connectivity index (χ4n) is 5.40. The van der Waals surface area contributed by atoms with Gasteiger partial charge in [-0.05, 0) is 68.8 Å². The number of rotatable bonds is 1. The Morgan fingerprint density at radius 3 is 3.00 bits per heavy atom. The molecule has 3 aliphatic rings. The van der Waals surface area contributed by atoms with Gasteiger partial charge in [0, 0.05) is 11.5 Å². The average Bonchev–Trinajstić information content (AvgIpc) is 2.50. The fraction of sp³-hybridized carbons (Fsp3) is 0.667. The predicted molar refractivity (Wildman–Crippen MR) is 82.8 cm³/mol. The van der Waals surface area contributed by atoms with Gasteiger partial charge < -0.3 is 14.7 Å². The molecule has 1 aromatic carbocycles. The maximum Gasteiger partial charge on any atom is 0.122 e. The van der Waals surface area contributed by atoms with Crippen LogP contribution in [-0.4, -0.2) is 42.9 Å². The molecule has 1 saturated heterocycles. The van der Waals surface area contributed by atoms with Crippen molar-refractivity contribution in [1.29, 1.82) is 0 Å². The van der Waals surface area contributed by atoms with Gasteiger partial charge in [-0.3, -0.25) is 0 Å². The molecule has 2 fully saturated rings. The van der Waals surface area contributed by atoms with Crippen molar-refractivity contribution in [2.24, 2.45) is 5.92 Å². The van der Waals surface area contributed by atoms with Crippen molar-refractivity contribution in [3.05, 3.63) is 29.3 Å². The van der Waals surface area contributed by atoms with E-state index in [1.54, 1.807) is 7.11 Å². The molecule has 3 heteroatoms. The van der Waals surface area contributed by atoms with Crippen molar-refractivity contribution in [2.45, 2.75) is 49.7 Å². The second-order valence-electron chi connectivity index (χ2n) is 7.19. The van der Waals surface area contributed by atoms with Crippen LogP contribution in [0.1, 0.15) is 36.8 Å². The number of benzene rings is 1. The van der Waals surface area contributed by atoms with E-state index in [1.807, 2.05) is 0 Å². The van der Waals surface area contributed by atoms with Crippen molar-refractivity contribution < 1.29 is 9.84 Å². The number of methoxy groups -OCH3 is 1. The molecule has 4 atom stereocenters. The van der Waals surface area contributed by atoms with Gasteiger partial charge in [-0.25, -0.2) is 0 Å². The fourth-order valence-corrected chi connectivity index (χ4v) is 5.40. The second-order valence-corrected chi connectivity index (χ2v) is 7.19. The van der Waals surface area contributed by atoms with E-state index in [0.29, 0.717) is 12.0 Å². The summed E-state index contributed by atoms with van der Waals surface area (Å²) in [7, 11) is 4.04. The third-order valence-electron chi connectivity index (χ3n) is 6.36. The molecular weight excluding hydrogens is 262 g/mol. The Bertz CT molecular complexity index is 558. The third-order valence-corrected chi connectivity index (χ3v) is 6.36. The summed E-state index contributed by atoms with van der Waals surface area (Å²) >= 11 is 0. The van der Waals surface area contributed by atoms with Gasteiger partial charge in [0.25, 0.3) is 0 Å². The van der Waals surface area contributed by atoms with Crippen molar-refractivity contribution in [2.75, 3.05) is 20.7 Å². The van der Waals surface area contributed by atoms with Crippen LogP contribution in [0.5, 0.6) is 5.75 Å². The predicted octanol–water partition coefficient (Wildman–Crippen LogP) is 2.35. The normalized spacial score (nSPS) is 38.5. The summed E-state index contributed by atoms with van der Waals surface area (Å²) in [5, 5.41) is 10.3. The molecule has 3 nitrogen and oxygen atoms in total. The largest absolute Gasteiger partial charge is 0.496 e. The van der Waals surface area contributed by atoms with E-state index in [2.05, 4.69) is 30.1 Å². The molecule has 1 N–H and O–H groups in total. The number of likely N-dealkylation sites (tertiary alicyclic amines) is 1. The number of ether oxygens (including phenoxy) is 1. The molecule has 1 saturated carbocycles. The number of fused-ring (bicyclic) bond motifs is 1. The molecule has 2 aliphatic carbocycles. The van der Waals surface area contributed by atoms with E-state index < -0.39 is 0 Å². The molecule has 0 radical (unpaired) electrons. The number of likely N-dealkylation sites (N-methyl/N-ethyl adjacent to an activating group) is 1. The summed E-state index contributed by atoms with van der Waals surface area (Å²) in [6.07, 6.45) is 5.19. The van der Waals surface area contributed by atoms with Gasteiger partial charge in [0.15, 0.2) is 0 Å². The first-order valence-corrected chi connectivity index (χ1v) is 8.20. The van der Waals surface area contributed by atoms with Gasteiger partial charge in [-0.2, -0.15) is 0 Å². The highest BCUT2D eigenvalue weighted by Crippen LogP contribution is 2.56. The molecule has 114 valence electrons. The summed E-state index contributed by atoms with van der Waals surface area (Å²) in [6, 6.07) is 7.12. The van der Waals surface area contributed by atoms with Gasteiger partial charge in [0.1, 0.15) is 5.75 Å². The average molecular weight is 287 g/mol. The van der Waals surface area contributed by atoms with Crippen LogP contribution in [0.2, 0.25) is 0 Å². The molecule has 1 unspecified atom stereocenters. The van der Waals surface area contributed by atoms with Crippen LogP contribution in [-0.2, 0) is 11.8 Å². The Hall–Kier alpha value is -1.06. The maximum absolute atomic E-state index is 10.3. The lowest BCUT2D eigenvalue weighted by Gasteiger charge is -2.59. The lowest BCUT2D eigenvalue weighted by Crippen LogP contribution is -2.61. The standard InChI is InChI=1S/C18H25NO2/c1-19-9-8-18-11-12(20)6-7-15(18)16(19)10-13-14(18)4-3-5-17(13)21-2/h3-5,12,15-16,20H,6-11H2,1-2H3/t12?,15-,16+,18+/m0/s1. The number of hydrogen-bond acceptors (Lipinski definition) is 3. The van der Waals surface area contributed by atoms with E-state index in [-0.39, 0.29) is 11.5 Å². The Morgan fingerprint density at radius 1 is 1.33 bits per heavy atom. The van der Waals surface area contributed by atoms with Crippen molar-refractivity contribution >= 4 is 0 Å². The smallest absolute Gasteiger partial charge is 0.122 e. The summed E-state index contributed by atoms with van der Waals surface area (Å²) in [6.45, 7) is 1.14. The Morgan fingerprint density at radius 2 is 2.19 bits per heavy atom. The van der Waals surface area contributed by atoms with E-state index in [1.165, 1.54) is 17.5 Å². The summed E-state index contributed by atoms with van der Waals surface area (Å²) in [5.74, 6) is 1.73. The minimum absolute atomic E-state index is 0.137. The molecule has 4 rings (SSSR count). The quantitative estimate of drug-likeness (QED) is 0.860. The highest BCUT2D eigenvalue weighted by Gasteiger charge is 2.55. The Kier molecular flexibility index (Phi) is 3.05. The van der Waals surface area contributed by atoms with E-state index in [0.717, 1.165) is 38.0 Å². The summed E-state index contributed by atoms with van der Waals surface area (Å²) < 4.78 is 5.64. The number of nitrogens with zero attached hydrogens (tertiary/aromatic N) is 1. The zero-order valence-corrected chi connectivity index (χ0v) is 13.0. The Balaban J connectivity index is 1.90. The van der Waals surface area contributed by atoms with Gasteiger partial charge in [-0.15, -0.1) is 0 Å². The van der Waals surface area contributed by atoms with Gasteiger partial charge in [0.2, 0.25) is 0 Å². The first-order valence-electron chi connectivity index (χ1n) is 8.20. The molecule has 0 amide bonds. The molecule has 0 aromatic heterocycles. The van der Waals surface area contributed by atoms with Gasteiger partial charge in [-0.1, -0.05) is 12.1 Å². The molecule has 1 heterocycles. The van der Waals surface area contributed by atoms with Crippen molar-refractivity contribution in [3.8, 4) is 5.75 Å². The number of piperidine rings is 1. The lowest BCUT2D eigenvalue weighted by atomic mass is 9.52. The number of aliphatic hydroxyl groups excluding tert-OH is 1. The molecule has 1 aromatic rings. The van der Waals surface area contributed by atoms with Crippen LogP contribution >= 0.6 is 0 Å². The first kappa shape index (κ1) is 13.6. The van der Waals surface area contributed by atoms with Crippen molar-refractivity contribution in [1.82, 2.24) is 4.90 Å². The minimum atomic E-state index is -0.137. The summed E-state index contributed by atoms with van der Waals surface area (Å²) in [4.78, 5) is 2.54. The summed E-state index contributed by atoms with van der Waals surface area (Å²) in [5.41, 5.74) is 3.04. The zero-order chi connectivity index (χ0) is 14.6. The maximum atomic E-state index is 10.3. The van der Waals surface area contributed by atoms with Crippen LogP contribution in [0.25, 0.3) is 0 Å². The van der Waals surface area contributed by atoms with Crippen molar-refractivity contribution in [3.63, 3.8) is 0 Å². The molecule has 1 aliphatic heterocycles. The van der Waals surface area contributed by atoms with Crippen LogP contribution < -0.4 is 4.74 Å². The second kappa shape index (κ2) is 4.72. The van der Waals surface area contributed by atoms with Crippen LogP contribution in [0.15, 0.2) is 18.2 Å². The number of aliphatic hydroxyl groups is 1. The lowest BCUT2D eigenvalue weighted by molar-refractivity contribution is -0.0396. The zero-order valence-electron chi connectivity index (χ0n) is 13.0. The van der Waals surface area contributed by atoms with E-state index in [4.69, 9.17) is 4.74 Å². The highest BCUT2D eigenvalue weighted by molar-refractivity contribution is 5.49.